The molecule has 3 rings (SSSR count). The van der Waals surface area contributed by atoms with Gasteiger partial charge in [-0.3, -0.25) is 10.4 Å². The Balaban J connectivity index is 1.64. The smallest absolute Gasteiger partial charge is 0.170 e. The molecule has 0 amide bonds. The van der Waals surface area contributed by atoms with Crippen molar-refractivity contribution in [1.29, 1.82) is 0 Å². The second-order valence-electron chi connectivity index (χ2n) is 4.77. The highest BCUT2D eigenvalue weighted by Crippen LogP contribution is 2.11. The summed E-state index contributed by atoms with van der Waals surface area (Å²) < 4.78 is 0. The fourth-order valence-electron chi connectivity index (χ4n) is 1.94. The fraction of sp³-hybridized carbons (Fsp3) is 0.214. The zero-order valence-electron chi connectivity index (χ0n) is 11.8. The number of aliphatic imine (C=N–C) groups is 4. The van der Waals surface area contributed by atoms with Gasteiger partial charge in [0.2, 0.25) is 0 Å². The predicted octanol–water partition coefficient (Wildman–Crippen LogP) is 0.925. The van der Waals surface area contributed by atoms with Gasteiger partial charge >= 0.3 is 0 Å². The number of amidine groups is 2. The molecule has 7 nitrogen and oxygen atoms in total. The van der Waals surface area contributed by atoms with Crippen molar-refractivity contribution in [1.82, 2.24) is 5.43 Å². The van der Waals surface area contributed by atoms with Crippen molar-refractivity contribution in [3.63, 3.8) is 0 Å². The Morgan fingerprint density at radius 3 is 2.71 bits per heavy atom. The second kappa shape index (κ2) is 5.66. The van der Waals surface area contributed by atoms with Gasteiger partial charge in [0.1, 0.15) is 12.7 Å². The van der Waals surface area contributed by atoms with E-state index in [0.29, 0.717) is 11.7 Å². The predicted molar refractivity (Wildman–Crippen MR) is 87.1 cm³/mol. The van der Waals surface area contributed by atoms with Crippen molar-refractivity contribution in [3.8, 4) is 0 Å². The minimum absolute atomic E-state index is 0.261. The first-order chi connectivity index (χ1) is 10.2. The van der Waals surface area contributed by atoms with Crippen LogP contribution in [0.1, 0.15) is 5.56 Å². The van der Waals surface area contributed by atoms with Gasteiger partial charge in [-0.2, -0.15) is 5.10 Å². The lowest BCUT2D eigenvalue weighted by Crippen LogP contribution is -2.36. The maximum atomic E-state index is 4.19. The van der Waals surface area contributed by atoms with Crippen molar-refractivity contribution in [3.05, 3.63) is 29.8 Å². The van der Waals surface area contributed by atoms with E-state index in [9.17, 15) is 0 Å². The molecule has 2 aliphatic rings. The molecule has 0 radical (unpaired) electrons. The quantitative estimate of drug-likeness (QED) is 0.661. The van der Waals surface area contributed by atoms with E-state index in [1.165, 1.54) is 12.7 Å². The first-order valence-electron chi connectivity index (χ1n) is 6.50. The fourth-order valence-corrected chi connectivity index (χ4v) is 1.94. The van der Waals surface area contributed by atoms with Crippen LogP contribution in [0, 0.1) is 0 Å². The molecule has 21 heavy (non-hydrogen) atoms. The molecule has 1 aromatic carbocycles. The van der Waals surface area contributed by atoms with E-state index in [2.05, 4.69) is 30.5 Å². The summed E-state index contributed by atoms with van der Waals surface area (Å²) in [6.07, 6.45) is 4.68. The Hall–Kier alpha value is -2.83. The third kappa shape index (κ3) is 2.86. The van der Waals surface area contributed by atoms with Crippen LogP contribution in [-0.4, -0.2) is 50.7 Å². The van der Waals surface area contributed by atoms with Gasteiger partial charge in [-0.25, -0.2) is 15.0 Å². The van der Waals surface area contributed by atoms with Gasteiger partial charge in [0, 0.05) is 19.8 Å². The number of fused-ring (bicyclic) bond motifs is 1. The van der Waals surface area contributed by atoms with Crippen molar-refractivity contribution >= 4 is 36.3 Å². The Morgan fingerprint density at radius 2 is 1.95 bits per heavy atom. The summed E-state index contributed by atoms with van der Waals surface area (Å²) in [4.78, 5) is 18.5. The van der Waals surface area contributed by atoms with Crippen LogP contribution in [0.4, 0.5) is 5.69 Å². The van der Waals surface area contributed by atoms with E-state index in [0.717, 1.165) is 11.3 Å². The molecular formula is C14H15N7. The Labute approximate surface area is 122 Å². The molecule has 1 aromatic rings. The first kappa shape index (κ1) is 13.2. The monoisotopic (exact) mass is 281 g/mol. The molecule has 1 atom stereocenters. The lowest BCUT2D eigenvalue weighted by molar-refractivity contribution is 0.959. The number of benzene rings is 1. The van der Waals surface area contributed by atoms with Gasteiger partial charge in [-0.15, -0.1) is 0 Å². The highest BCUT2D eigenvalue weighted by molar-refractivity contribution is 6.19. The van der Waals surface area contributed by atoms with E-state index < -0.39 is 0 Å². The summed E-state index contributed by atoms with van der Waals surface area (Å²) in [5, 5.41) is 4.19. The van der Waals surface area contributed by atoms with E-state index in [1.54, 1.807) is 6.21 Å². The summed E-state index contributed by atoms with van der Waals surface area (Å²) >= 11 is 0. The van der Waals surface area contributed by atoms with Crippen molar-refractivity contribution < 1.29 is 0 Å². The highest BCUT2D eigenvalue weighted by Gasteiger charge is 2.25. The summed E-state index contributed by atoms with van der Waals surface area (Å²) in [5.41, 5.74) is 5.05. The maximum absolute atomic E-state index is 4.19. The average Bonchev–Trinajstić information content (AvgIpc) is 2.97. The van der Waals surface area contributed by atoms with E-state index >= 15 is 0 Å². The first-order valence-corrected chi connectivity index (χ1v) is 6.50. The number of hydrazone groups is 1. The number of nitrogens with one attached hydrogen (secondary N) is 1. The van der Waals surface area contributed by atoms with E-state index in [1.807, 2.05) is 43.3 Å². The molecule has 7 heteroatoms. The molecule has 2 heterocycles. The number of hydrogen-bond acceptors (Lipinski definition) is 7. The Morgan fingerprint density at radius 1 is 1.14 bits per heavy atom. The van der Waals surface area contributed by atoms with Gasteiger partial charge in [-0.05, 0) is 17.7 Å². The molecule has 0 spiro atoms. The van der Waals surface area contributed by atoms with Gasteiger partial charge < -0.3 is 4.90 Å². The van der Waals surface area contributed by atoms with E-state index in [-0.39, 0.29) is 6.04 Å². The Kier molecular flexibility index (Phi) is 3.55. The number of nitrogens with zero attached hydrogens (tertiary/aromatic N) is 6. The lowest BCUT2D eigenvalue weighted by atomic mass is 10.2. The zero-order valence-corrected chi connectivity index (χ0v) is 11.8. The van der Waals surface area contributed by atoms with E-state index in [4.69, 9.17) is 0 Å². The molecule has 0 aromatic heterocycles. The normalized spacial score (nSPS) is 19.4. The Bertz CT molecular complexity index is 665. The highest BCUT2D eigenvalue weighted by atomic mass is 15.3. The second-order valence-corrected chi connectivity index (χ2v) is 4.77. The van der Waals surface area contributed by atoms with Crippen LogP contribution in [-0.2, 0) is 0 Å². The number of hydrogen-bond donors (Lipinski definition) is 1. The SMILES string of the molecule is CN(C)c1ccc(/C=N/NC2=NC=NC3=NC=NC32)cc1. The maximum Gasteiger partial charge on any atom is 0.170 e. The van der Waals surface area contributed by atoms with Gasteiger partial charge in [0.15, 0.2) is 17.7 Å². The molecular weight excluding hydrogens is 266 g/mol. The number of anilines is 1. The standard InChI is InChI=1S/C14H15N7/c1-21(2)11-5-3-10(4-6-11)7-19-20-14-12-13(16-8-15-12)17-9-18-14/h3-9,12H,1-2H3,(H,15,16,17,18,20)/b19-7+. The summed E-state index contributed by atoms with van der Waals surface area (Å²) in [7, 11) is 4.02. The van der Waals surface area contributed by atoms with Crippen molar-refractivity contribution in [2.75, 3.05) is 19.0 Å². The minimum atomic E-state index is -0.261. The molecule has 0 saturated carbocycles. The largest absolute Gasteiger partial charge is 0.378 e. The molecule has 0 saturated heterocycles. The van der Waals surface area contributed by atoms with Crippen LogP contribution in [0.2, 0.25) is 0 Å². The topological polar surface area (TPSA) is 77.1 Å². The number of rotatable bonds is 3. The molecule has 0 bridgehead atoms. The summed E-state index contributed by atoms with van der Waals surface area (Å²) in [5.74, 6) is 1.26. The zero-order chi connectivity index (χ0) is 14.7. The molecule has 1 N–H and O–H groups in total. The van der Waals surface area contributed by atoms with Crippen LogP contribution in [0.15, 0.2) is 49.3 Å². The van der Waals surface area contributed by atoms with Crippen molar-refractivity contribution in [2.24, 2.45) is 25.1 Å². The van der Waals surface area contributed by atoms with Crippen LogP contribution >= 0.6 is 0 Å². The van der Waals surface area contributed by atoms with Gasteiger partial charge in [0.25, 0.3) is 0 Å². The third-order valence-electron chi connectivity index (χ3n) is 3.10. The third-order valence-corrected chi connectivity index (χ3v) is 3.10. The average molecular weight is 281 g/mol. The van der Waals surface area contributed by atoms with Crippen LogP contribution in [0.25, 0.3) is 0 Å². The van der Waals surface area contributed by atoms with Gasteiger partial charge in [0.05, 0.1) is 6.21 Å². The molecule has 0 fully saturated rings. The molecule has 106 valence electrons. The lowest BCUT2D eigenvalue weighted by Gasteiger charge is -2.13. The molecule has 0 aliphatic carbocycles. The molecule has 2 aliphatic heterocycles. The van der Waals surface area contributed by atoms with Crippen LogP contribution in [0.5, 0.6) is 0 Å². The molecule has 1 unspecified atom stereocenters. The summed E-state index contributed by atoms with van der Waals surface area (Å²) in [6.45, 7) is 0. The minimum Gasteiger partial charge on any atom is -0.378 e. The van der Waals surface area contributed by atoms with Crippen LogP contribution in [0.3, 0.4) is 0 Å². The van der Waals surface area contributed by atoms with Crippen molar-refractivity contribution in [2.45, 2.75) is 6.04 Å². The van der Waals surface area contributed by atoms with Gasteiger partial charge in [-0.1, -0.05) is 12.1 Å². The summed E-state index contributed by atoms with van der Waals surface area (Å²) in [6, 6.07) is 7.83. The van der Waals surface area contributed by atoms with Crippen LogP contribution < -0.4 is 10.3 Å².